The van der Waals surface area contributed by atoms with Crippen LogP contribution in [0.1, 0.15) is 42.9 Å². The summed E-state index contributed by atoms with van der Waals surface area (Å²) in [6.45, 7) is 7.98. The Morgan fingerprint density at radius 3 is 2.73 bits per heavy atom. The zero-order valence-corrected chi connectivity index (χ0v) is 15.9. The topological polar surface area (TPSA) is 73.9 Å². The number of piperidine rings is 1. The molecule has 0 saturated carbocycles. The Hall–Kier alpha value is -1.69. The van der Waals surface area contributed by atoms with Crippen molar-refractivity contribution in [1.82, 2.24) is 4.90 Å². The summed E-state index contributed by atoms with van der Waals surface area (Å²) in [4.78, 5) is 14.2. The van der Waals surface area contributed by atoms with E-state index in [0.717, 1.165) is 47.9 Å². The van der Waals surface area contributed by atoms with Crippen LogP contribution in [0.15, 0.2) is 27.4 Å². The van der Waals surface area contributed by atoms with Crippen LogP contribution in [0.25, 0.3) is 11.0 Å². The van der Waals surface area contributed by atoms with Gasteiger partial charge in [0.15, 0.2) is 0 Å². The number of aliphatic hydroxyl groups is 2. The summed E-state index contributed by atoms with van der Waals surface area (Å²) in [5.41, 5.74) is 2.93. The molecule has 1 aliphatic heterocycles. The minimum absolute atomic E-state index is 0.0199. The highest BCUT2D eigenvalue weighted by molar-refractivity contribution is 5.83. The molecule has 3 rings (SSSR count). The first-order chi connectivity index (χ1) is 12.4. The summed E-state index contributed by atoms with van der Waals surface area (Å²) in [5.74, 6) is 0. The maximum absolute atomic E-state index is 12.0. The van der Waals surface area contributed by atoms with E-state index < -0.39 is 11.5 Å². The summed E-state index contributed by atoms with van der Waals surface area (Å²) < 4.78 is 5.42. The molecule has 0 radical (unpaired) electrons. The number of aryl methyl sites for hydroxylation is 2. The van der Waals surface area contributed by atoms with Crippen molar-refractivity contribution in [3.8, 4) is 0 Å². The molecule has 5 heteroatoms. The van der Waals surface area contributed by atoms with Crippen LogP contribution in [0, 0.1) is 19.3 Å². The molecule has 2 N–H and O–H groups in total. The molecule has 142 valence electrons. The molecule has 5 nitrogen and oxygen atoms in total. The lowest BCUT2D eigenvalue weighted by Gasteiger charge is -2.44. The largest absolute Gasteiger partial charge is 0.422 e. The Morgan fingerprint density at radius 2 is 2.08 bits per heavy atom. The molecule has 2 atom stereocenters. The zero-order valence-electron chi connectivity index (χ0n) is 15.9. The van der Waals surface area contributed by atoms with E-state index in [1.165, 1.54) is 0 Å². The molecule has 1 aromatic heterocycles. The predicted molar refractivity (Wildman–Crippen MR) is 102 cm³/mol. The second kappa shape index (κ2) is 7.51. The van der Waals surface area contributed by atoms with Crippen LogP contribution in [0.3, 0.4) is 0 Å². The molecule has 1 fully saturated rings. The lowest BCUT2D eigenvalue weighted by Crippen LogP contribution is -2.52. The third kappa shape index (κ3) is 3.56. The summed E-state index contributed by atoms with van der Waals surface area (Å²) in [7, 11) is 0. The smallest absolute Gasteiger partial charge is 0.336 e. The number of fused-ring (bicyclic) bond motifs is 1. The van der Waals surface area contributed by atoms with Gasteiger partial charge in [0.05, 0.1) is 12.7 Å². The highest BCUT2D eigenvalue weighted by atomic mass is 16.4. The molecule has 1 saturated heterocycles. The molecule has 2 heterocycles. The van der Waals surface area contributed by atoms with E-state index in [0.29, 0.717) is 18.7 Å². The van der Waals surface area contributed by atoms with Gasteiger partial charge < -0.3 is 14.6 Å². The normalized spacial score (nSPS) is 24.3. The van der Waals surface area contributed by atoms with Crippen LogP contribution in [0.5, 0.6) is 0 Å². The van der Waals surface area contributed by atoms with Crippen LogP contribution in [0.2, 0.25) is 0 Å². The van der Waals surface area contributed by atoms with E-state index in [-0.39, 0.29) is 12.2 Å². The zero-order chi connectivity index (χ0) is 18.9. The van der Waals surface area contributed by atoms with Gasteiger partial charge in [0, 0.05) is 30.0 Å². The van der Waals surface area contributed by atoms with Gasteiger partial charge in [-0.2, -0.15) is 0 Å². The third-order valence-corrected chi connectivity index (χ3v) is 5.78. The van der Waals surface area contributed by atoms with Crippen molar-refractivity contribution >= 4 is 11.0 Å². The average Bonchev–Trinajstić information content (AvgIpc) is 2.58. The molecule has 0 spiro atoms. The first-order valence-electron chi connectivity index (χ1n) is 9.44. The monoisotopic (exact) mass is 359 g/mol. The highest BCUT2D eigenvalue weighted by Crippen LogP contribution is 2.36. The quantitative estimate of drug-likeness (QED) is 0.803. The van der Waals surface area contributed by atoms with E-state index >= 15 is 0 Å². The fraction of sp³-hybridized carbons (Fsp3) is 0.571. The number of aliphatic hydroxyl groups excluding tert-OH is 2. The van der Waals surface area contributed by atoms with E-state index in [1.807, 2.05) is 19.9 Å². The van der Waals surface area contributed by atoms with Gasteiger partial charge in [-0.1, -0.05) is 19.4 Å². The number of hydrogen-bond acceptors (Lipinski definition) is 5. The Balaban J connectivity index is 1.88. The maximum Gasteiger partial charge on any atom is 0.336 e. The van der Waals surface area contributed by atoms with Crippen molar-refractivity contribution in [1.29, 1.82) is 0 Å². The lowest BCUT2D eigenvalue weighted by molar-refractivity contribution is -0.0802. The van der Waals surface area contributed by atoms with Gasteiger partial charge in [0.2, 0.25) is 0 Å². The number of likely N-dealkylation sites (tertiary alicyclic amines) is 1. The van der Waals surface area contributed by atoms with Gasteiger partial charge in [-0.3, -0.25) is 4.90 Å². The van der Waals surface area contributed by atoms with Crippen molar-refractivity contribution in [2.45, 2.75) is 52.7 Å². The molecule has 26 heavy (non-hydrogen) atoms. The van der Waals surface area contributed by atoms with E-state index in [1.54, 1.807) is 6.07 Å². The van der Waals surface area contributed by atoms with Crippen LogP contribution in [-0.2, 0) is 6.54 Å². The summed E-state index contributed by atoms with van der Waals surface area (Å²) in [6, 6.07) is 5.63. The molecule has 0 unspecified atom stereocenters. The highest BCUT2D eigenvalue weighted by Gasteiger charge is 2.41. The van der Waals surface area contributed by atoms with Gasteiger partial charge in [0.1, 0.15) is 5.58 Å². The molecule has 0 amide bonds. The SMILES string of the molecule is CCC[C@]1(CO)CCN(Cc2cc(=O)oc3c(C)cc(C)cc23)C[C@@H]1O. The number of β-amino-alcohol motifs (C(OH)–C–C–N with tert-alkyl or cyclic N) is 1. The number of hydrogen-bond donors (Lipinski definition) is 2. The summed E-state index contributed by atoms with van der Waals surface area (Å²) in [6.07, 6.45) is 1.97. The van der Waals surface area contributed by atoms with Crippen molar-refractivity contribution in [2.24, 2.45) is 5.41 Å². The number of rotatable bonds is 5. The van der Waals surface area contributed by atoms with E-state index in [4.69, 9.17) is 4.42 Å². The molecule has 2 aromatic rings. The van der Waals surface area contributed by atoms with E-state index in [2.05, 4.69) is 17.9 Å². The van der Waals surface area contributed by atoms with Gasteiger partial charge in [-0.25, -0.2) is 4.79 Å². The first-order valence-corrected chi connectivity index (χ1v) is 9.44. The average molecular weight is 359 g/mol. The van der Waals surface area contributed by atoms with Crippen LogP contribution in [-0.4, -0.2) is 40.9 Å². The Labute approximate surface area is 154 Å². The molecule has 1 aromatic carbocycles. The van der Waals surface area contributed by atoms with Crippen LogP contribution >= 0.6 is 0 Å². The van der Waals surface area contributed by atoms with Crippen LogP contribution < -0.4 is 5.63 Å². The standard InChI is InChI=1S/C21H29NO4/c1-4-5-21(13-23)6-7-22(12-18(21)24)11-16-10-19(25)26-20-15(3)8-14(2)9-17(16)20/h8-10,18,23-24H,4-7,11-13H2,1-3H3/t18-,21+/m0/s1. The Kier molecular flexibility index (Phi) is 5.51. The Morgan fingerprint density at radius 1 is 1.31 bits per heavy atom. The summed E-state index contributed by atoms with van der Waals surface area (Å²) >= 11 is 0. The minimum Gasteiger partial charge on any atom is -0.422 e. The van der Waals surface area contributed by atoms with Gasteiger partial charge in [0.25, 0.3) is 0 Å². The number of nitrogens with zero attached hydrogens (tertiary/aromatic N) is 1. The second-order valence-electron chi connectivity index (χ2n) is 7.82. The van der Waals surface area contributed by atoms with Crippen molar-refractivity contribution in [2.75, 3.05) is 19.7 Å². The fourth-order valence-corrected chi connectivity index (χ4v) is 4.32. The molecule has 0 aliphatic carbocycles. The lowest BCUT2D eigenvalue weighted by atomic mass is 9.73. The maximum atomic E-state index is 12.0. The molecular weight excluding hydrogens is 330 g/mol. The van der Waals surface area contributed by atoms with E-state index in [9.17, 15) is 15.0 Å². The van der Waals surface area contributed by atoms with Gasteiger partial charge in [-0.15, -0.1) is 0 Å². The minimum atomic E-state index is -0.559. The predicted octanol–water partition coefficient (Wildman–Crippen LogP) is 2.76. The fourth-order valence-electron chi connectivity index (χ4n) is 4.32. The second-order valence-corrected chi connectivity index (χ2v) is 7.82. The Bertz CT molecular complexity index is 844. The van der Waals surface area contributed by atoms with Crippen molar-refractivity contribution in [3.63, 3.8) is 0 Å². The molecular formula is C21H29NO4. The number of benzene rings is 1. The van der Waals surface area contributed by atoms with Crippen molar-refractivity contribution in [3.05, 3.63) is 45.3 Å². The van der Waals surface area contributed by atoms with Gasteiger partial charge in [-0.05, 0) is 56.0 Å². The third-order valence-electron chi connectivity index (χ3n) is 5.78. The molecule has 0 bridgehead atoms. The summed E-state index contributed by atoms with van der Waals surface area (Å²) in [5, 5.41) is 21.5. The first kappa shape index (κ1) is 19.1. The van der Waals surface area contributed by atoms with Crippen LogP contribution in [0.4, 0.5) is 0 Å². The van der Waals surface area contributed by atoms with Gasteiger partial charge >= 0.3 is 5.63 Å². The molecule has 1 aliphatic rings. The van der Waals surface area contributed by atoms with Crippen molar-refractivity contribution < 1.29 is 14.6 Å².